The smallest absolute Gasteiger partial charge is 0.0726 e. The molecule has 0 bridgehead atoms. The number of ether oxygens (including phenoxy) is 1. The van der Waals surface area contributed by atoms with Crippen LogP contribution in [0.15, 0.2) is 18.2 Å². The number of hydrogen-bond donors (Lipinski definition) is 1. The van der Waals surface area contributed by atoms with Crippen molar-refractivity contribution in [3.63, 3.8) is 0 Å². The summed E-state index contributed by atoms with van der Waals surface area (Å²) in [6.07, 6.45) is 0.604. The normalized spacial score (nSPS) is 28.4. The molecule has 3 atom stereocenters. The fourth-order valence-electron chi connectivity index (χ4n) is 3.77. The summed E-state index contributed by atoms with van der Waals surface area (Å²) in [5.41, 5.74) is 4.07. The molecule has 2 heterocycles. The van der Waals surface area contributed by atoms with E-state index in [0.717, 1.165) is 32.7 Å². The second-order valence-corrected chi connectivity index (χ2v) is 6.88. The number of halogens is 1. The second-order valence-electron chi connectivity index (χ2n) is 6.88. The Morgan fingerprint density at radius 2 is 1.83 bits per heavy atom. The topological polar surface area (TPSA) is 27.7 Å². The Morgan fingerprint density at radius 1 is 1.13 bits per heavy atom. The molecule has 2 aliphatic rings. The van der Waals surface area contributed by atoms with Crippen molar-refractivity contribution in [2.45, 2.75) is 45.9 Å². The SMILES string of the molecule is Cc1cc(N2CCNC[C@H]2C)ccc1N1C[C@@H](C)O[C@@H](C)C1.Cl. The number of piperazine rings is 1. The summed E-state index contributed by atoms with van der Waals surface area (Å²) in [7, 11) is 0. The van der Waals surface area contributed by atoms with Gasteiger partial charge in [-0.1, -0.05) is 0 Å². The molecule has 3 rings (SSSR count). The van der Waals surface area contributed by atoms with E-state index in [1.807, 2.05) is 0 Å². The van der Waals surface area contributed by atoms with Crippen LogP contribution in [-0.4, -0.2) is 51.0 Å². The summed E-state index contributed by atoms with van der Waals surface area (Å²) in [6, 6.07) is 7.49. The van der Waals surface area contributed by atoms with Crippen LogP contribution >= 0.6 is 12.4 Å². The number of aryl methyl sites for hydroxylation is 1. The standard InChI is InChI=1S/C18H29N3O.ClH/c1-13-9-17(21-8-7-19-10-14(21)2)5-6-18(13)20-11-15(3)22-16(4)12-20;/h5-6,9,14-16,19H,7-8,10-12H2,1-4H3;1H/t14-,15-,16+;/m1./s1. The van der Waals surface area contributed by atoms with Crippen LogP contribution in [-0.2, 0) is 4.74 Å². The average molecular weight is 340 g/mol. The van der Waals surface area contributed by atoms with Gasteiger partial charge < -0.3 is 19.9 Å². The third kappa shape index (κ3) is 4.11. The maximum Gasteiger partial charge on any atom is 0.0726 e. The zero-order valence-electron chi connectivity index (χ0n) is 14.7. The van der Waals surface area contributed by atoms with Gasteiger partial charge in [-0.3, -0.25) is 0 Å². The highest BCUT2D eigenvalue weighted by Crippen LogP contribution is 2.29. The molecule has 1 N–H and O–H groups in total. The average Bonchev–Trinajstić information content (AvgIpc) is 2.46. The minimum absolute atomic E-state index is 0. The van der Waals surface area contributed by atoms with Crippen LogP contribution in [0, 0.1) is 6.92 Å². The van der Waals surface area contributed by atoms with Gasteiger partial charge in [-0.2, -0.15) is 0 Å². The molecule has 23 heavy (non-hydrogen) atoms. The Balaban J connectivity index is 0.00000192. The van der Waals surface area contributed by atoms with Gasteiger partial charge >= 0.3 is 0 Å². The van der Waals surface area contributed by atoms with E-state index >= 15 is 0 Å². The molecule has 2 fully saturated rings. The number of morpholine rings is 1. The zero-order chi connectivity index (χ0) is 15.7. The summed E-state index contributed by atoms with van der Waals surface area (Å²) in [4.78, 5) is 4.98. The van der Waals surface area contributed by atoms with Crippen molar-refractivity contribution < 1.29 is 4.74 Å². The van der Waals surface area contributed by atoms with E-state index < -0.39 is 0 Å². The highest BCUT2D eigenvalue weighted by Gasteiger charge is 2.24. The molecule has 130 valence electrons. The molecule has 4 nitrogen and oxygen atoms in total. The predicted octanol–water partition coefficient (Wildman–Crippen LogP) is 2.83. The molecule has 0 radical (unpaired) electrons. The Labute approximate surface area is 146 Å². The molecule has 0 aliphatic carbocycles. The maximum absolute atomic E-state index is 5.85. The molecule has 0 spiro atoms. The Bertz CT molecular complexity index is 515. The van der Waals surface area contributed by atoms with Crippen molar-refractivity contribution in [3.8, 4) is 0 Å². The summed E-state index contributed by atoms with van der Waals surface area (Å²) in [6.45, 7) is 14.0. The zero-order valence-corrected chi connectivity index (χ0v) is 15.5. The van der Waals surface area contributed by atoms with E-state index in [1.54, 1.807) is 0 Å². The van der Waals surface area contributed by atoms with Gasteiger partial charge in [0.15, 0.2) is 0 Å². The van der Waals surface area contributed by atoms with Crippen LogP contribution in [0.25, 0.3) is 0 Å². The monoisotopic (exact) mass is 339 g/mol. The van der Waals surface area contributed by atoms with Crippen molar-refractivity contribution in [2.24, 2.45) is 0 Å². The Hall–Kier alpha value is -0.970. The minimum Gasteiger partial charge on any atom is -0.372 e. The molecule has 2 saturated heterocycles. The summed E-state index contributed by atoms with van der Waals surface area (Å²) < 4.78 is 5.85. The van der Waals surface area contributed by atoms with Crippen LogP contribution in [0.3, 0.4) is 0 Å². The molecular formula is C18H30ClN3O. The van der Waals surface area contributed by atoms with E-state index in [9.17, 15) is 0 Å². The maximum atomic E-state index is 5.85. The van der Waals surface area contributed by atoms with Gasteiger partial charge in [-0.25, -0.2) is 0 Å². The third-order valence-electron chi connectivity index (χ3n) is 4.77. The minimum atomic E-state index is 0. The van der Waals surface area contributed by atoms with Crippen LogP contribution in [0.1, 0.15) is 26.3 Å². The molecule has 0 saturated carbocycles. The Kier molecular flexibility index (Phi) is 6.18. The quantitative estimate of drug-likeness (QED) is 0.896. The molecule has 0 amide bonds. The number of benzene rings is 1. The lowest BCUT2D eigenvalue weighted by molar-refractivity contribution is -0.00524. The van der Waals surface area contributed by atoms with Crippen LogP contribution in [0.5, 0.6) is 0 Å². The van der Waals surface area contributed by atoms with E-state index in [4.69, 9.17) is 4.74 Å². The number of nitrogens with zero attached hydrogens (tertiary/aromatic N) is 2. The number of rotatable bonds is 2. The van der Waals surface area contributed by atoms with Crippen molar-refractivity contribution in [1.29, 1.82) is 0 Å². The fourth-order valence-corrected chi connectivity index (χ4v) is 3.77. The number of anilines is 2. The lowest BCUT2D eigenvalue weighted by Gasteiger charge is -2.39. The first-order valence-corrected chi connectivity index (χ1v) is 8.53. The van der Waals surface area contributed by atoms with Gasteiger partial charge in [0.25, 0.3) is 0 Å². The Morgan fingerprint density at radius 3 is 2.43 bits per heavy atom. The van der Waals surface area contributed by atoms with Gasteiger partial charge in [0.05, 0.1) is 12.2 Å². The molecule has 1 aromatic carbocycles. The van der Waals surface area contributed by atoms with Gasteiger partial charge in [0, 0.05) is 50.1 Å². The molecule has 0 aromatic heterocycles. The van der Waals surface area contributed by atoms with E-state index in [1.165, 1.54) is 16.9 Å². The van der Waals surface area contributed by atoms with Crippen molar-refractivity contribution in [2.75, 3.05) is 42.5 Å². The van der Waals surface area contributed by atoms with Gasteiger partial charge in [0.2, 0.25) is 0 Å². The van der Waals surface area contributed by atoms with Crippen molar-refractivity contribution in [1.82, 2.24) is 5.32 Å². The van der Waals surface area contributed by atoms with E-state index in [-0.39, 0.29) is 12.4 Å². The predicted molar refractivity (Wildman–Crippen MR) is 100 cm³/mol. The first kappa shape index (κ1) is 18.4. The first-order chi connectivity index (χ1) is 10.5. The van der Waals surface area contributed by atoms with Crippen molar-refractivity contribution >= 4 is 23.8 Å². The fraction of sp³-hybridized carbons (Fsp3) is 0.667. The lowest BCUT2D eigenvalue weighted by atomic mass is 10.1. The van der Waals surface area contributed by atoms with E-state index in [0.29, 0.717) is 18.2 Å². The van der Waals surface area contributed by atoms with Crippen LogP contribution in [0.2, 0.25) is 0 Å². The second kappa shape index (κ2) is 7.73. The molecule has 0 unspecified atom stereocenters. The molecule has 2 aliphatic heterocycles. The summed E-state index contributed by atoms with van der Waals surface area (Å²) in [5.74, 6) is 0. The summed E-state index contributed by atoms with van der Waals surface area (Å²) >= 11 is 0. The van der Waals surface area contributed by atoms with Crippen LogP contribution in [0.4, 0.5) is 11.4 Å². The van der Waals surface area contributed by atoms with Crippen molar-refractivity contribution in [3.05, 3.63) is 23.8 Å². The highest BCUT2D eigenvalue weighted by atomic mass is 35.5. The largest absolute Gasteiger partial charge is 0.372 e. The number of nitrogens with one attached hydrogen (secondary N) is 1. The summed E-state index contributed by atoms with van der Waals surface area (Å²) in [5, 5.41) is 3.46. The van der Waals surface area contributed by atoms with Gasteiger partial charge in [0.1, 0.15) is 0 Å². The molecule has 1 aromatic rings. The van der Waals surface area contributed by atoms with E-state index in [2.05, 4.69) is 61.0 Å². The number of hydrogen-bond acceptors (Lipinski definition) is 4. The highest BCUT2D eigenvalue weighted by molar-refractivity contribution is 5.85. The van der Waals surface area contributed by atoms with Gasteiger partial charge in [-0.15, -0.1) is 12.4 Å². The first-order valence-electron chi connectivity index (χ1n) is 8.53. The lowest BCUT2D eigenvalue weighted by Crippen LogP contribution is -2.50. The van der Waals surface area contributed by atoms with Gasteiger partial charge in [-0.05, 0) is 51.5 Å². The van der Waals surface area contributed by atoms with Crippen LogP contribution < -0.4 is 15.1 Å². The molecular weight excluding hydrogens is 310 g/mol. The molecule has 5 heteroatoms. The third-order valence-corrected chi connectivity index (χ3v) is 4.77.